The zero-order chi connectivity index (χ0) is 17.1. The summed E-state index contributed by atoms with van der Waals surface area (Å²) in [6.07, 6.45) is 0. The molecule has 1 amide bonds. The molecular formula is C14H17BrN4O4. The Balaban J connectivity index is 2.37. The van der Waals surface area contributed by atoms with Crippen LogP contribution in [0.1, 0.15) is 18.5 Å². The van der Waals surface area contributed by atoms with Crippen molar-refractivity contribution in [2.24, 2.45) is 5.73 Å². The Kier molecular flexibility index (Phi) is 5.09. The number of nitrogens with zero attached hydrogens (tertiary/aromatic N) is 3. The predicted octanol–water partition coefficient (Wildman–Crippen LogP) is 0.919. The van der Waals surface area contributed by atoms with Crippen molar-refractivity contribution in [3.8, 4) is 11.5 Å². The molecule has 0 spiro atoms. The van der Waals surface area contributed by atoms with Crippen molar-refractivity contribution in [3.63, 3.8) is 0 Å². The minimum absolute atomic E-state index is 0.219. The molecule has 124 valence electrons. The van der Waals surface area contributed by atoms with E-state index in [-0.39, 0.29) is 11.3 Å². The quantitative estimate of drug-likeness (QED) is 0.797. The van der Waals surface area contributed by atoms with Crippen LogP contribution in [0.3, 0.4) is 0 Å². The monoisotopic (exact) mass is 384 g/mol. The molecule has 0 aliphatic rings. The van der Waals surface area contributed by atoms with Gasteiger partial charge in [0.15, 0.2) is 11.5 Å². The SMILES string of the molecule is COc1ccc(Cn2nc(Br)n([C@@H](C)C(N)=O)c2=O)cc1OC. The molecule has 2 N–H and O–H groups in total. The van der Waals surface area contributed by atoms with E-state index < -0.39 is 17.6 Å². The minimum atomic E-state index is -0.795. The predicted molar refractivity (Wildman–Crippen MR) is 86.7 cm³/mol. The highest BCUT2D eigenvalue weighted by atomic mass is 79.9. The van der Waals surface area contributed by atoms with Gasteiger partial charge in [0.25, 0.3) is 0 Å². The van der Waals surface area contributed by atoms with Crippen molar-refractivity contribution in [3.05, 3.63) is 39.0 Å². The Labute approximate surface area is 140 Å². The fourth-order valence-corrected chi connectivity index (χ4v) is 2.75. The van der Waals surface area contributed by atoms with Crippen LogP contribution < -0.4 is 20.9 Å². The lowest BCUT2D eigenvalue weighted by Gasteiger charge is -2.09. The van der Waals surface area contributed by atoms with Gasteiger partial charge in [-0.2, -0.15) is 0 Å². The van der Waals surface area contributed by atoms with Crippen LogP contribution in [-0.2, 0) is 11.3 Å². The Hall–Kier alpha value is -2.29. The molecule has 1 aromatic carbocycles. The Morgan fingerprint density at radius 2 is 2.00 bits per heavy atom. The van der Waals surface area contributed by atoms with Gasteiger partial charge in [0, 0.05) is 0 Å². The first-order chi connectivity index (χ1) is 10.9. The Morgan fingerprint density at radius 1 is 1.35 bits per heavy atom. The van der Waals surface area contributed by atoms with Crippen LogP contribution in [0.2, 0.25) is 0 Å². The number of primary amides is 1. The van der Waals surface area contributed by atoms with E-state index in [1.165, 1.54) is 23.3 Å². The van der Waals surface area contributed by atoms with Crippen LogP contribution in [0, 0.1) is 0 Å². The van der Waals surface area contributed by atoms with Gasteiger partial charge in [0.2, 0.25) is 10.6 Å². The summed E-state index contributed by atoms with van der Waals surface area (Å²) in [7, 11) is 3.08. The van der Waals surface area contributed by atoms with Gasteiger partial charge >= 0.3 is 5.69 Å². The normalized spacial score (nSPS) is 12.0. The summed E-state index contributed by atoms with van der Waals surface area (Å²) in [5, 5.41) is 4.11. The maximum absolute atomic E-state index is 12.4. The first-order valence-electron chi connectivity index (χ1n) is 6.74. The fourth-order valence-electron chi connectivity index (χ4n) is 2.10. The van der Waals surface area contributed by atoms with E-state index in [4.69, 9.17) is 15.2 Å². The van der Waals surface area contributed by atoms with Crippen molar-refractivity contribution in [1.29, 1.82) is 0 Å². The van der Waals surface area contributed by atoms with Crippen molar-refractivity contribution >= 4 is 21.8 Å². The summed E-state index contributed by atoms with van der Waals surface area (Å²) in [4.78, 5) is 23.7. The molecule has 9 heteroatoms. The van der Waals surface area contributed by atoms with Gasteiger partial charge in [-0.25, -0.2) is 9.48 Å². The third kappa shape index (κ3) is 3.39. The second-order valence-corrected chi connectivity index (χ2v) is 5.56. The molecule has 23 heavy (non-hydrogen) atoms. The first kappa shape index (κ1) is 17.1. The molecule has 0 aliphatic heterocycles. The number of methoxy groups -OCH3 is 2. The molecule has 2 rings (SSSR count). The molecule has 0 fully saturated rings. The van der Waals surface area contributed by atoms with Crippen LogP contribution in [0.25, 0.3) is 0 Å². The average molecular weight is 385 g/mol. The maximum Gasteiger partial charge on any atom is 0.347 e. The summed E-state index contributed by atoms with van der Waals surface area (Å²) in [6, 6.07) is 4.52. The Morgan fingerprint density at radius 3 is 2.57 bits per heavy atom. The zero-order valence-corrected chi connectivity index (χ0v) is 14.5. The highest BCUT2D eigenvalue weighted by molar-refractivity contribution is 9.10. The second-order valence-electron chi connectivity index (χ2n) is 4.85. The summed E-state index contributed by atoms with van der Waals surface area (Å²) >= 11 is 3.18. The summed E-state index contributed by atoms with van der Waals surface area (Å²) in [5.74, 6) is 0.540. The number of nitrogens with two attached hydrogens (primary N) is 1. The molecule has 0 saturated carbocycles. The van der Waals surface area contributed by atoms with Gasteiger partial charge < -0.3 is 15.2 Å². The average Bonchev–Trinajstić information content (AvgIpc) is 2.80. The van der Waals surface area contributed by atoms with Crippen LogP contribution >= 0.6 is 15.9 Å². The van der Waals surface area contributed by atoms with Gasteiger partial charge in [0.1, 0.15) is 6.04 Å². The van der Waals surface area contributed by atoms with Crippen molar-refractivity contribution < 1.29 is 14.3 Å². The molecule has 0 bridgehead atoms. The van der Waals surface area contributed by atoms with Gasteiger partial charge in [-0.05, 0) is 40.5 Å². The molecule has 0 aliphatic carbocycles. The van der Waals surface area contributed by atoms with Crippen molar-refractivity contribution in [2.75, 3.05) is 14.2 Å². The number of halogens is 1. The molecule has 2 aromatic rings. The number of rotatable bonds is 6. The van der Waals surface area contributed by atoms with Gasteiger partial charge in [0.05, 0.1) is 20.8 Å². The maximum atomic E-state index is 12.4. The van der Waals surface area contributed by atoms with Gasteiger partial charge in [-0.1, -0.05) is 6.07 Å². The number of aromatic nitrogens is 3. The van der Waals surface area contributed by atoms with Crippen LogP contribution in [0.4, 0.5) is 0 Å². The minimum Gasteiger partial charge on any atom is -0.493 e. The molecule has 8 nitrogen and oxygen atoms in total. The smallest absolute Gasteiger partial charge is 0.347 e. The van der Waals surface area contributed by atoms with Crippen LogP contribution in [0.15, 0.2) is 27.7 Å². The lowest BCUT2D eigenvalue weighted by atomic mass is 10.2. The van der Waals surface area contributed by atoms with Gasteiger partial charge in [-0.3, -0.25) is 9.36 Å². The molecule has 1 heterocycles. The van der Waals surface area contributed by atoms with Crippen LogP contribution in [-0.4, -0.2) is 34.5 Å². The lowest BCUT2D eigenvalue weighted by molar-refractivity contribution is -0.120. The van der Waals surface area contributed by atoms with Crippen molar-refractivity contribution in [1.82, 2.24) is 14.3 Å². The number of benzene rings is 1. The number of carbonyl (C=O) groups excluding carboxylic acids is 1. The third-order valence-electron chi connectivity index (χ3n) is 3.41. The number of ether oxygens (including phenoxy) is 2. The molecule has 0 saturated heterocycles. The van der Waals surface area contributed by atoms with Crippen molar-refractivity contribution in [2.45, 2.75) is 19.5 Å². The molecule has 0 unspecified atom stereocenters. The highest BCUT2D eigenvalue weighted by Gasteiger charge is 2.20. The lowest BCUT2D eigenvalue weighted by Crippen LogP contribution is -2.33. The number of hydrogen-bond donors (Lipinski definition) is 1. The van der Waals surface area contributed by atoms with E-state index in [0.29, 0.717) is 11.5 Å². The van der Waals surface area contributed by atoms with Crippen LogP contribution in [0.5, 0.6) is 11.5 Å². The number of amides is 1. The fraction of sp³-hybridized carbons (Fsp3) is 0.357. The first-order valence-corrected chi connectivity index (χ1v) is 7.53. The van der Waals surface area contributed by atoms with E-state index >= 15 is 0 Å². The van der Waals surface area contributed by atoms with E-state index in [2.05, 4.69) is 21.0 Å². The van der Waals surface area contributed by atoms with Gasteiger partial charge in [-0.15, -0.1) is 5.10 Å². The Bertz CT molecular complexity index is 784. The van der Waals surface area contributed by atoms with E-state index in [0.717, 1.165) is 5.56 Å². The molecule has 1 aromatic heterocycles. The zero-order valence-electron chi connectivity index (χ0n) is 12.9. The summed E-state index contributed by atoms with van der Waals surface area (Å²) in [6.45, 7) is 1.76. The van der Waals surface area contributed by atoms with E-state index in [9.17, 15) is 9.59 Å². The number of hydrogen-bond acceptors (Lipinski definition) is 5. The summed E-state index contributed by atoms with van der Waals surface area (Å²) in [5.41, 5.74) is 5.62. The number of carbonyl (C=O) groups is 1. The topological polar surface area (TPSA) is 101 Å². The molecule has 0 radical (unpaired) electrons. The summed E-state index contributed by atoms with van der Waals surface area (Å²) < 4.78 is 13.1. The molecule has 1 atom stereocenters. The highest BCUT2D eigenvalue weighted by Crippen LogP contribution is 2.27. The van der Waals surface area contributed by atoms with E-state index in [1.54, 1.807) is 25.3 Å². The van der Waals surface area contributed by atoms with E-state index in [1.807, 2.05) is 0 Å². The largest absolute Gasteiger partial charge is 0.493 e. The molecular weight excluding hydrogens is 368 g/mol. The third-order valence-corrected chi connectivity index (χ3v) is 3.95. The second kappa shape index (κ2) is 6.86. The standard InChI is InChI=1S/C14H17BrN4O4/c1-8(12(16)20)19-13(15)17-18(14(19)21)7-9-4-5-10(22-2)11(6-9)23-3/h4-6,8H,7H2,1-3H3,(H2,16,20)/t8-/m0/s1.